The van der Waals surface area contributed by atoms with Crippen LogP contribution in [0.5, 0.6) is 0 Å². The zero-order chi connectivity index (χ0) is 13.5. The third kappa shape index (κ3) is 2.66. The van der Waals surface area contributed by atoms with Crippen LogP contribution >= 0.6 is 12.4 Å². The Bertz CT molecular complexity index is 528. The van der Waals surface area contributed by atoms with Crippen molar-refractivity contribution in [1.82, 2.24) is 0 Å². The number of nitrogens with two attached hydrogens (primary N) is 2. The number of anilines is 1. The maximum absolute atomic E-state index is 6.03. The van der Waals surface area contributed by atoms with Crippen LogP contribution < -0.4 is 16.4 Å². The van der Waals surface area contributed by atoms with E-state index >= 15 is 0 Å². The zero-order valence-electron chi connectivity index (χ0n) is 11.6. The van der Waals surface area contributed by atoms with E-state index in [0.717, 1.165) is 16.8 Å². The van der Waals surface area contributed by atoms with Gasteiger partial charge < -0.3 is 11.5 Å². The van der Waals surface area contributed by atoms with Crippen molar-refractivity contribution in [3.63, 3.8) is 0 Å². The first-order chi connectivity index (χ1) is 8.33. The maximum Gasteiger partial charge on any atom is 0.220 e. The molecule has 0 unspecified atom stereocenters. The van der Waals surface area contributed by atoms with E-state index in [0.29, 0.717) is 5.96 Å². The lowest BCUT2D eigenvalue weighted by Crippen LogP contribution is -2.54. The summed E-state index contributed by atoms with van der Waals surface area (Å²) in [5.74, 6) is 0.602. The summed E-state index contributed by atoms with van der Waals surface area (Å²) in [5.41, 5.74) is 14.5. The molecule has 1 heterocycles. The predicted molar refractivity (Wildman–Crippen MR) is 83.0 cm³/mol. The predicted octanol–water partition coefficient (Wildman–Crippen LogP) is 1.91. The van der Waals surface area contributed by atoms with Crippen LogP contribution in [0.4, 0.5) is 5.69 Å². The Morgan fingerprint density at radius 3 is 2.11 bits per heavy atom. The molecule has 0 saturated carbocycles. The summed E-state index contributed by atoms with van der Waals surface area (Å²) in [6.45, 7) is 8.03. The molecule has 1 aromatic carbocycles. The van der Waals surface area contributed by atoms with Gasteiger partial charge in [0.15, 0.2) is 0 Å². The Kier molecular flexibility index (Phi) is 4.10. The highest BCUT2D eigenvalue weighted by Crippen LogP contribution is 2.32. The van der Waals surface area contributed by atoms with Gasteiger partial charge in [-0.3, -0.25) is 4.90 Å². The van der Waals surface area contributed by atoms with Crippen LogP contribution in [0.15, 0.2) is 28.2 Å². The van der Waals surface area contributed by atoms with Gasteiger partial charge in [-0.15, -0.1) is 12.4 Å². The van der Waals surface area contributed by atoms with Gasteiger partial charge in [0.2, 0.25) is 11.9 Å². The van der Waals surface area contributed by atoms with Crippen LogP contribution in [0, 0.1) is 13.8 Å². The largest absolute Gasteiger partial charge is 0.369 e. The van der Waals surface area contributed by atoms with E-state index in [2.05, 4.69) is 9.98 Å². The fourth-order valence-electron chi connectivity index (χ4n) is 2.35. The second-order valence-corrected chi connectivity index (χ2v) is 5.01. The van der Waals surface area contributed by atoms with Crippen LogP contribution in [-0.4, -0.2) is 17.6 Å². The summed E-state index contributed by atoms with van der Waals surface area (Å²) >= 11 is 0. The van der Waals surface area contributed by atoms with Gasteiger partial charge >= 0.3 is 0 Å². The van der Waals surface area contributed by atoms with E-state index in [4.69, 9.17) is 11.5 Å². The molecule has 104 valence electrons. The minimum Gasteiger partial charge on any atom is -0.369 e. The second-order valence-electron chi connectivity index (χ2n) is 5.01. The zero-order valence-corrected chi connectivity index (χ0v) is 12.5. The van der Waals surface area contributed by atoms with Crippen LogP contribution in [0.25, 0.3) is 0 Å². The molecule has 0 spiro atoms. The molecule has 0 bridgehead atoms. The summed E-state index contributed by atoms with van der Waals surface area (Å²) in [7, 11) is 0. The van der Waals surface area contributed by atoms with Crippen LogP contribution in [-0.2, 0) is 0 Å². The van der Waals surface area contributed by atoms with Gasteiger partial charge in [0, 0.05) is 0 Å². The smallest absolute Gasteiger partial charge is 0.220 e. The van der Waals surface area contributed by atoms with Crippen molar-refractivity contribution in [2.24, 2.45) is 21.5 Å². The van der Waals surface area contributed by atoms with Gasteiger partial charge in [-0.2, -0.15) is 4.99 Å². The molecule has 1 aromatic rings. The first kappa shape index (κ1) is 15.3. The third-order valence-corrected chi connectivity index (χ3v) is 3.06. The fraction of sp³-hybridized carbons (Fsp3) is 0.385. The Balaban J connectivity index is 0.00000180. The molecular formula is C13H20ClN5. The Morgan fingerprint density at radius 2 is 1.63 bits per heavy atom. The van der Waals surface area contributed by atoms with Gasteiger partial charge in [0.05, 0.1) is 5.69 Å². The van der Waals surface area contributed by atoms with E-state index in [-0.39, 0.29) is 18.4 Å². The van der Waals surface area contributed by atoms with Gasteiger partial charge in [-0.05, 0) is 38.8 Å². The molecule has 0 aromatic heterocycles. The molecule has 0 aliphatic carbocycles. The number of benzene rings is 1. The summed E-state index contributed by atoms with van der Waals surface area (Å²) < 4.78 is 0. The number of guanidine groups is 2. The first-order valence-corrected chi connectivity index (χ1v) is 5.89. The van der Waals surface area contributed by atoms with Gasteiger partial charge in [0.1, 0.15) is 5.66 Å². The van der Waals surface area contributed by atoms with Crippen molar-refractivity contribution in [3.8, 4) is 0 Å². The normalized spacial score (nSPS) is 17.4. The van der Waals surface area contributed by atoms with Crippen molar-refractivity contribution in [2.45, 2.75) is 33.4 Å². The Morgan fingerprint density at radius 1 is 1.11 bits per heavy atom. The Labute approximate surface area is 119 Å². The molecule has 5 nitrogen and oxygen atoms in total. The summed E-state index contributed by atoms with van der Waals surface area (Å²) in [6.07, 6.45) is 0. The van der Waals surface area contributed by atoms with Gasteiger partial charge in [0.25, 0.3) is 0 Å². The lowest BCUT2D eigenvalue weighted by Gasteiger charge is -2.40. The van der Waals surface area contributed by atoms with Gasteiger partial charge in [-0.1, -0.05) is 18.2 Å². The second kappa shape index (κ2) is 5.09. The third-order valence-electron chi connectivity index (χ3n) is 3.06. The first-order valence-electron chi connectivity index (χ1n) is 5.89. The lowest BCUT2D eigenvalue weighted by atomic mass is 10.0. The number of halogens is 1. The highest BCUT2D eigenvalue weighted by Gasteiger charge is 2.34. The minimum atomic E-state index is -0.535. The van der Waals surface area contributed by atoms with E-state index < -0.39 is 5.66 Å². The molecule has 4 N–H and O–H groups in total. The number of aliphatic imine (C=N–C) groups is 2. The average molecular weight is 282 g/mol. The maximum atomic E-state index is 6.03. The molecule has 19 heavy (non-hydrogen) atoms. The fourth-order valence-corrected chi connectivity index (χ4v) is 2.35. The number of nitrogens with zero attached hydrogens (tertiary/aromatic N) is 3. The monoisotopic (exact) mass is 281 g/mol. The number of hydrogen-bond donors (Lipinski definition) is 2. The highest BCUT2D eigenvalue weighted by molar-refractivity contribution is 6.06. The molecule has 0 radical (unpaired) electrons. The van der Waals surface area contributed by atoms with Crippen LogP contribution in [0.1, 0.15) is 25.0 Å². The molecular weight excluding hydrogens is 262 g/mol. The molecule has 2 rings (SSSR count). The number of aryl methyl sites for hydroxylation is 2. The number of hydrogen-bond acceptors (Lipinski definition) is 5. The summed E-state index contributed by atoms with van der Waals surface area (Å²) in [6, 6.07) is 6.12. The van der Waals surface area contributed by atoms with Crippen molar-refractivity contribution in [1.29, 1.82) is 0 Å². The van der Waals surface area contributed by atoms with Crippen molar-refractivity contribution < 1.29 is 0 Å². The molecule has 1 aliphatic rings. The SMILES string of the molecule is Cc1cccc(C)c1N1C(N)=NC(N)=NC1(C)C.Cl. The molecule has 6 heteroatoms. The summed E-state index contributed by atoms with van der Waals surface area (Å²) in [4.78, 5) is 10.3. The minimum absolute atomic E-state index is 0. The molecule has 0 atom stereocenters. The van der Waals surface area contributed by atoms with E-state index in [1.165, 1.54) is 0 Å². The van der Waals surface area contributed by atoms with E-state index in [1.54, 1.807) is 0 Å². The molecule has 0 amide bonds. The number of rotatable bonds is 1. The van der Waals surface area contributed by atoms with E-state index in [1.807, 2.05) is 50.8 Å². The highest BCUT2D eigenvalue weighted by atomic mass is 35.5. The van der Waals surface area contributed by atoms with E-state index in [9.17, 15) is 0 Å². The van der Waals surface area contributed by atoms with Crippen LogP contribution in [0.3, 0.4) is 0 Å². The quantitative estimate of drug-likeness (QED) is 0.825. The molecule has 0 saturated heterocycles. The van der Waals surface area contributed by atoms with Crippen molar-refractivity contribution in [3.05, 3.63) is 29.3 Å². The molecule has 1 aliphatic heterocycles. The molecule has 0 fully saturated rings. The standard InChI is InChI=1S/C13H19N5.ClH/c1-8-6-5-7-9(2)10(8)18-12(15)16-11(14)17-13(18,3)4;/h5-7H,1-4H3,(H4,14,15,16,17);1H. The van der Waals surface area contributed by atoms with Crippen molar-refractivity contribution in [2.75, 3.05) is 4.90 Å². The van der Waals surface area contributed by atoms with Gasteiger partial charge in [-0.25, -0.2) is 4.99 Å². The average Bonchev–Trinajstić information content (AvgIpc) is 2.20. The number of para-hydroxylation sites is 1. The lowest BCUT2D eigenvalue weighted by molar-refractivity contribution is 0.532. The van der Waals surface area contributed by atoms with Crippen LogP contribution in [0.2, 0.25) is 0 Å². The van der Waals surface area contributed by atoms with Crippen molar-refractivity contribution >= 4 is 30.0 Å². The topological polar surface area (TPSA) is 80.0 Å². The summed E-state index contributed by atoms with van der Waals surface area (Å²) in [5, 5.41) is 0. The Hall–Kier alpha value is -1.75.